The van der Waals surface area contributed by atoms with E-state index in [1.165, 1.54) is 16.2 Å². The van der Waals surface area contributed by atoms with Gasteiger partial charge in [-0.2, -0.15) is 5.26 Å². The van der Waals surface area contributed by atoms with Gasteiger partial charge in [0.15, 0.2) is 5.13 Å². The lowest BCUT2D eigenvalue weighted by molar-refractivity contribution is -0.117. The van der Waals surface area contributed by atoms with E-state index in [9.17, 15) is 4.79 Å². The number of thiazole rings is 1. The first-order valence-corrected chi connectivity index (χ1v) is 6.45. The predicted octanol–water partition coefficient (Wildman–Crippen LogP) is 1.80. The second kappa shape index (κ2) is 5.50. The van der Waals surface area contributed by atoms with E-state index in [-0.39, 0.29) is 12.3 Å². The van der Waals surface area contributed by atoms with Crippen molar-refractivity contribution in [1.82, 2.24) is 4.98 Å². The molecule has 0 aliphatic carbocycles. The number of nitriles is 1. The van der Waals surface area contributed by atoms with Crippen LogP contribution in [-0.4, -0.2) is 17.9 Å². The maximum absolute atomic E-state index is 12.1. The Labute approximate surface area is 114 Å². The quantitative estimate of drug-likeness (QED) is 0.923. The highest BCUT2D eigenvalue weighted by Crippen LogP contribution is 2.19. The summed E-state index contributed by atoms with van der Waals surface area (Å²) < 4.78 is 0. The average Bonchev–Trinajstić information content (AvgIpc) is 2.83. The molecule has 0 fully saturated rings. The van der Waals surface area contributed by atoms with Gasteiger partial charge in [0.05, 0.1) is 23.4 Å². The minimum Gasteiger partial charge on any atom is -0.375 e. The van der Waals surface area contributed by atoms with Crippen LogP contribution in [0.2, 0.25) is 0 Å². The summed E-state index contributed by atoms with van der Waals surface area (Å²) in [4.78, 5) is 17.7. The molecule has 1 aromatic carbocycles. The number of likely N-dealkylation sites (N-methyl/N-ethyl adjacent to an activating group) is 1. The summed E-state index contributed by atoms with van der Waals surface area (Å²) in [7, 11) is 1.65. The Balaban J connectivity index is 2.17. The van der Waals surface area contributed by atoms with Crippen molar-refractivity contribution in [3.63, 3.8) is 0 Å². The predicted molar refractivity (Wildman–Crippen MR) is 74.8 cm³/mol. The molecular weight excluding hydrogens is 260 g/mol. The van der Waals surface area contributed by atoms with Crippen LogP contribution in [0.5, 0.6) is 0 Å². The fourth-order valence-electron chi connectivity index (χ4n) is 1.67. The average molecular weight is 272 g/mol. The number of carbonyl (C=O) groups excluding carboxylic acids is 1. The highest BCUT2D eigenvalue weighted by molar-refractivity contribution is 7.13. The highest BCUT2D eigenvalue weighted by atomic mass is 32.1. The Morgan fingerprint density at radius 1 is 1.53 bits per heavy atom. The number of benzene rings is 1. The van der Waals surface area contributed by atoms with Gasteiger partial charge in [0.2, 0.25) is 5.91 Å². The molecule has 0 saturated heterocycles. The van der Waals surface area contributed by atoms with Crippen LogP contribution >= 0.6 is 11.3 Å². The standard InChI is InChI=1S/C13H12N4OS/c1-17(11-5-3-2-4-9(11)7-14)12(18)6-10-8-19-13(15)16-10/h2-5,8H,6H2,1H3,(H2,15,16). The second-order valence-electron chi connectivity index (χ2n) is 3.94. The molecule has 1 aromatic heterocycles. The zero-order valence-electron chi connectivity index (χ0n) is 10.3. The van der Waals surface area contributed by atoms with Crippen molar-refractivity contribution < 1.29 is 4.79 Å². The zero-order chi connectivity index (χ0) is 13.8. The number of amides is 1. The fourth-order valence-corrected chi connectivity index (χ4v) is 2.24. The SMILES string of the molecule is CN(C(=O)Cc1csc(N)n1)c1ccccc1C#N. The lowest BCUT2D eigenvalue weighted by Gasteiger charge is -2.17. The van der Waals surface area contributed by atoms with E-state index < -0.39 is 0 Å². The third kappa shape index (κ3) is 2.89. The Bertz CT molecular complexity index is 644. The van der Waals surface area contributed by atoms with Gasteiger partial charge in [-0.15, -0.1) is 11.3 Å². The fraction of sp³-hybridized carbons (Fsp3) is 0.154. The molecule has 96 valence electrons. The van der Waals surface area contributed by atoms with E-state index in [0.29, 0.717) is 22.1 Å². The largest absolute Gasteiger partial charge is 0.375 e. The number of nitrogens with zero attached hydrogens (tertiary/aromatic N) is 3. The molecule has 0 bridgehead atoms. The van der Waals surface area contributed by atoms with Crippen LogP contribution < -0.4 is 10.6 Å². The normalized spacial score (nSPS) is 9.89. The molecule has 0 radical (unpaired) electrons. The zero-order valence-corrected chi connectivity index (χ0v) is 11.1. The molecule has 0 unspecified atom stereocenters. The molecule has 0 aliphatic rings. The minimum absolute atomic E-state index is 0.131. The molecule has 19 heavy (non-hydrogen) atoms. The van der Waals surface area contributed by atoms with Gasteiger partial charge in [0.25, 0.3) is 0 Å². The van der Waals surface area contributed by atoms with Crippen LogP contribution in [-0.2, 0) is 11.2 Å². The molecule has 1 amide bonds. The van der Waals surface area contributed by atoms with Gasteiger partial charge in [-0.1, -0.05) is 12.1 Å². The van der Waals surface area contributed by atoms with Crippen LogP contribution in [0.15, 0.2) is 29.6 Å². The van der Waals surface area contributed by atoms with E-state index in [1.807, 2.05) is 0 Å². The van der Waals surface area contributed by atoms with Crippen LogP contribution in [0.3, 0.4) is 0 Å². The molecule has 2 rings (SSSR count). The summed E-state index contributed by atoms with van der Waals surface area (Å²) in [6.07, 6.45) is 0.171. The van der Waals surface area contributed by atoms with Crippen molar-refractivity contribution in [1.29, 1.82) is 5.26 Å². The molecule has 2 N–H and O–H groups in total. The summed E-state index contributed by atoms with van der Waals surface area (Å²) in [5.41, 5.74) is 7.24. The molecule has 2 aromatic rings. The van der Waals surface area contributed by atoms with Crippen molar-refractivity contribution in [2.24, 2.45) is 0 Å². The van der Waals surface area contributed by atoms with Crippen LogP contribution in [0.4, 0.5) is 10.8 Å². The second-order valence-corrected chi connectivity index (χ2v) is 4.83. The number of nitrogen functional groups attached to an aromatic ring is 1. The van der Waals surface area contributed by atoms with Crippen molar-refractivity contribution in [2.75, 3.05) is 17.7 Å². The Morgan fingerprint density at radius 3 is 2.89 bits per heavy atom. The topological polar surface area (TPSA) is 83.0 Å². The lowest BCUT2D eigenvalue weighted by atomic mass is 10.1. The number of para-hydroxylation sites is 1. The molecular formula is C13H12N4OS. The van der Waals surface area contributed by atoms with E-state index in [4.69, 9.17) is 11.0 Å². The molecule has 0 aliphatic heterocycles. The summed E-state index contributed by atoms with van der Waals surface area (Å²) in [6.45, 7) is 0. The van der Waals surface area contributed by atoms with Gasteiger partial charge < -0.3 is 10.6 Å². The van der Waals surface area contributed by atoms with Crippen LogP contribution in [0, 0.1) is 11.3 Å². The van der Waals surface area contributed by atoms with Gasteiger partial charge in [-0.05, 0) is 12.1 Å². The van der Waals surface area contributed by atoms with Gasteiger partial charge in [0, 0.05) is 12.4 Å². The van der Waals surface area contributed by atoms with Crippen molar-refractivity contribution in [3.05, 3.63) is 40.9 Å². The smallest absolute Gasteiger partial charge is 0.232 e. The van der Waals surface area contributed by atoms with Gasteiger partial charge in [-0.3, -0.25) is 4.79 Å². The minimum atomic E-state index is -0.131. The summed E-state index contributed by atoms with van der Waals surface area (Å²) in [5.74, 6) is -0.131. The Hall–Kier alpha value is -2.39. The van der Waals surface area contributed by atoms with E-state index >= 15 is 0 Å². The first-order valence-electron chi connectivity index (χ1n) is 5.57. The monoisotopic (exact) mass is 272 g/mol. The first-order chi connectivity index (χ1) is 9.11. The van der Waals surface area contributed by atoms with Crippen LogP contribution in [0.25, 0.3) is 0 Å². The number of anilines is 2. The number of nitrogens with two attached hydrogens (primary N) is 1. The molecule has 0 saturated carbocycles. The van der Waals surface area contributed by atoms with E-state index in [0.717, 1.165) is 0 Å². The Morgan fingerprint density at radius 2 is 2.26 bits per heavy atom. The summed E-state index contributed by atoms with van der Waals surface area (Å²) >= 11 is 1.31. The highest BCUT2D eigenvalue weighted by Gasteiger charge is 2.15. The van der Waals surface area contributed by atoms with Gasteiger partial charge in [0.1, 0.15) is 6.07 Å². The maximum Gasteiger partial charge on any atom is 0.232 e. The third-order valence-corrected chi connectivity index (χ3v) is 3.38. The number of hydrogen-bond donors (Lipinski definition) is 1. The molecule has 0 atom stereocenters. The molecule has 0 spiro atoms. The number of carbonyl (C=O) groups is 1. The van der Waals surface area contributed by atoms with Crippen molar-refractivity contribution in [2.45, 2.75) is 6.42 Å². The summed E-state index contributed by atoms with van der Waals surface area (Å²) in [6, 6.07) is 9.05. The van der Waals surface area contributed by atoms with Crippen molar-refractivity contribution in [3.8, 4) is 6.07 Å². The number of rotatable bonds is 3. The van der Waals surface area contributed by atoms with Crippen molar-refractivity contribution >= 4 is 28.1 Å². The van der Waals surface area contributed by atoms with E-state index in [1.54, 1.807) is 36.7 Å². The third-order valence-electron chi connectivity index (χ3n) is 2.66. The van der Waals surface area contributed by atoms with Gasteiger partial charge >= 0.3 is 0 Å². The first kappa shape index (κ1) is 13.1. The lowest BCUT2D eigenvalue weighted by Crippen LogP contribution is -2.28. The van der Waals surface area contributed by atoms with E-state index in [2.05, 4.69) is 11.1 Å². The van der Waals surface area contributed by atoms with Crippen LogP contribution in [0.1, 0.15) is 11.3 Å². The number of hydrogen-bond acceptors (Lipinski definition) is 5. The number of aromatic nitrogens is 1. The van der Waals surface area contributed by atoms with Gasteiger partial charge in [-0.25, -0.2) is 4.98 Å². The Kier molecular flexibility index (Phi) is 3.78. The molecule has 1 heterocycles. The maximum atomic E-state index is 12.1. The molecule has 5 nitrogen and oxygen atoms in total. The summed E-state index contributed by atoms with van der Waals surface area (Å²) in [5, 5.41) is 11.2. The molecule has 6 heteroatoms.